The average molecular weight is 311 g/mol. The Hall–Kier alpha value is -1.27. The van der Waals surface area contributed by atoms with E-state index < -0.39 is 11.7 Å². The van der Waals surface area contributed by atoms with E-state index >= 15 is 0 Å². The van der Waals surface area contributed by atoms with Crippen LogP contribution < -0.4 is 5.73 Å². The third-order valence-corrected chi connectivity index (χ3v) is 2.65. The largest absolute Gasteiger partial charge is 0.416 e. The second kappa shape index (κ2) is 7.50. The first-order valence-electron chi connectivity index (χ1n) is 5.86. The Bertz CT molecular complexity index is 449. The van der Waals surface area contributed by atoms with Crippen molar-refractivity contribution in [3.8, 4) is 0 Å². The highest BCUT2D eigenvalue weighted by Gasteiger charge is 2.33. The zero-order chi connectivity index (χ0) is 14.6. The molecule has 0 fully saturated rings. The minimum atomic E-state index is -4.42. The molecule has 1 amide bonds. The van der Waals surface area contributed by atoms with Gasteiger partial charge in [-0.2, -0.15) is 13.2 Å². The normalized spacial score (nSPS) is 12.5. The lowest BCUT2D eigenvalue weighted by Crippen LogP contribution is -2.32. The van der Waals surface area contributed by atoms with Crippen molar-refractivity contribution in [3.05, 3.63) is 35.4 Å². The smallest absolute Gasteiger partial charge is 0.341 e. The number of hydrogen-bond acceptors (Lipinski definition) is 2. The van der Waals surface area contributed by atoms with Gasteiger partial charge in [-0.1, -0.05) is 18.2 Å². The minimum Gasteiger partial charge on any atom is -0.341 e. The van der Waals surface area contributed by atoms with Gasteiger partial charge in [0.25, 0.3) is 0 Å². The molecule has 1 atom stereocenters. The van der Waals surface area contributed by atoms with Gasteiger partial charge < -0.3 is 10.6 Å². The summed E-state index contributed by atoms with van der Waals surface area (Å²) in [5.74, 6) is -0.271. The SMILES string of the molecule is CC(N)CC(=O)N(C)Cc1ccccc1C(F)(F)F.Cl. The lowest BCUT2D eigenvalue weighted by Gasteiger charge is -2.21. The van der Waals surface area contributed by atoms with Crippen LogP contribution in [-0.4, -0.2) is 23.9 Å². The van der Waals surface area contributed by atoms with Gasteiger partial charge in [0, 0.05) is 26.1 Å². The third-order valence-electron chi connectivity index (χ3n) is 2.65. The van der Waals surface area contributed by atoms with Crippen LogP contribution in [0.3, 0.4) is 0 Å². The molecule has 0 heterocycles. The Morgan fingerprint density at radius 1 is 1.35 bits per heavy atom. The number of benzene rings is 1. The van der Waals surface area contributed by atoms with Crippen LogP contribution in [-0.2, 0) is 17.5 Å². The lowest BCUT2D eigenvalue weighted by molar-refractivity contribution is -0.139. The van der Waals surface area contributed by atoms with Crippen molar-refractivity contribution in [2.24, 2.45) is 5.73 Å². The van der Waals surface area contributed by atoms with E-state index in [0.717, 1.165) is 6.07 Å². The van der Waals surface area contributed by atoms with Crippen molar-refractivity contribution in [2.45, 2.75) is 32.1 Å². The summed E-state index contributed by atoms with van der Waals surface area (Å²) in [6, 6.07) is 4.93. The number of amides is 1. The maximum absolute atomic E-state index is 12.8. The molecular weight excluding hydrogens is 293 g/mol. The molecule has 0 aliphatic heterocycles. The van der Waals surface area contributed by atoms with E-state index in [1.54, 1.807) is 6.92 Å². The summed E-state index contributed by atoms with van der Waals surface area (Å²) in [5, 5.41) is 0. The van der Waals surface area contributed by atoms with Gasteiger partial charge in [-0.05, 0) is 18.6 Å². The molecule has 0 spiro atoms. The molecule has 0 saturated carbocycles. The molecule has 0 bridgehead atoms. The summed E-state index contributed by atoms with van der Waals surface area (Å²) in [6.07, 6.45) is -4.30. The molecule has 20 heavy (non-hydrogen) atoms. The Morgan fingerprint density at radius 3 is 2.40 bits per heavy atom. The molecule has 0 aliphatic rings. The van der Waals surface area contributed by atoms with E-state index in [1.807, 2.05) is 0 Å². The van der Waals surface area contributed by atoms with Crippen molar-refractivity contribution in [1.29, 1.82) is 0 Å². The summed E-state index contributed by atoms with van der Waals surface area (Å²) < 4.78 is 38.4. The summed E-state index contributed by atoms with van der Waals surface area (Å²) in [4.78, 5) is 12.9. The van der Waals surface area contributed by atoms with Crippen LogP contribution >= 0.6 is 12.4 Å². The molecule has 2 N–H and O–H groups in total. The number of halogens is 4. The number of alkyl halides is 3. The molecule has 0 aliphatic carbocycles. The van der Waals surface area contributed by atoms with Gasteiger partial charge >= 0.3 is 6.18 Å². The Morgan fingerprint density at radius 2 is 1.90 bits per heavy atom. The van der Waals surface area contributed by atoms with Crippen LogP contribution in [0.4, 0.5) is 13.2 Å². The van der Waals surface area contributed by atoms with Crippen LogP contribution in [0.2, 0.25) is 0 Å². The number of nitrogens with zero attached hydrogens (tertiary/aromatic N) is 1. The molecule has 1 rings (SSSR count). The maximum atomic E-state index is 12.8. The quantitative estimate of drug-likeness (QED) is 0.929. The van der Waals surface area contributed by atoms with Gasteiger partial charge in [-0.25, -0.2) is 0 Å². The van der Waals surface area contributed by atoms with E-state index in [4.69, 9.17) is 5.73 Å². The molecule has 7 heteroatoms. The first-order valence-corrected chi connectivity index (χ1v) is 5.86. The maximum Gasteiger partial charge on any atom is 0.416 e. The summed E-state index contributed by atoms with van der Waals surface area (Å²) >= 11 is 0. The van der Waals surface area contributed by atoms with Gasteiger partial charge in [0.15, 0.2) is 0 Å². The number of nitrogens with two attached hydrogens (primary N) is 1. The highest BCUT2D eigenvalue weighted by Crippen LogP contribution is 2.32. The van der Waals surface area contributed by atoms with E-state index in [2.05, 4.69) is 0 Å². The van der Waals surface area contributed by atoms with Gasteiger partial charge in [-0.15, -0.1) is 12.4 Å². The van der Waals surface area contributed by atoms with E-state index in [0.29, 0.717) is 0 Å². The summed E-state index contributed by atoms with van der Waals surface area (Å²) in [5.41, 5.74) is 4.86. The highest BCUT2D eigenvalue weighted by molar-refractivity contribution is 5.85. The summed E-state index contributed by atoms with van der Waals surface area (Å²) in [6.45, 7) is 1.59. The van der Waals surface area contributed by atoms with Crippen LogP contribution in [0.15, 0.2) is 24.3 Å². The Kier molecular flexibility index (Phi) is 7.02. The zero-order valence-corrected chi connectivity index (χ0v) is 12.1. The number of carbonyl (C=O) groups excluding carboxylic acids is 1. The molecular formula is C13H18ClF3N2O. The molecule has 114 valence electrons. The summed E-state index contributed by atoms with van der Waals surface area (Å²) in [7, 11) is 1.47. The molecule has 0 aromatic heterocycles. The van der Waals surface area contributed by atoms with Crippen LogP contribution in [0.25, 0.3) is 0 Å². The van der Waals surface area contributed by atoms with Gasteiger partial charge in [0.1, 0.15) is 0 Å². The third kappa shape index (κ3) is 5.38. The molecule has 1 aromatic rings. The fourth-order valence-electron chi connectivity index (χ4n) is 1.71. The Balaban J connectivity index is 0.00000361. The zero-order valence-electron chi connectivity index (χ0n) is 11.3. The first kappa shape index (κ1) is 18.7. The lowest BCUT2D eigenvalue weighted by atomic mass is 10.1. The molecule has 3 nitrogen and oxygen atoms in total. The van der Waals surface area contributed by atoms with E-state index in [9.17, 15) is 18.0 Å². The molecule has 1 unspecified atom stereocenters. The second-order valence-corrected chi connectivity index (χ2v) is 4.59. The average Bonchev–Trinajstić information content (AvgIpc) is 2.27. The topological polar surface area (TPSA) is 46.3 Å². The number of hydrogen-bond donors (Lipinski definition) is 1. The second-order valence-electron chi connectivity index (χ2n) is 4.59. The van der Waals surface area contributed by atoms with Gasteiger partial charge in [0.2, 0.25) is 5.91 Å². The molecule has 0 saturated heterocycles. The van der Waals surface area contributed by atoms with Crippen molar-refractivity contribution in [3.63, 3.8) is 0 Å². The van der Waals surface area contributed by atoms with Crippen molar-refractivity contribution in [1.82, 2.24) is 4.90 Å². The number of carbonyl (C=O) groups is 1. The van der Waals surface area contributed by atoms with E-state index in [-0.39, 0.29) is 42.9 Å². The van der Waals surface area contributed by atoms with E-state index in [1.165, 1.54) is 30.1 Å². The Labute approximate surface area is 122 Å². The van der Waals surface area contributed by atoms with Crippen LogP contribution in [0, 0.1) is 0 Å². The predicted molar refractivity (Wildman–Crippen MR) is 73.4 cm³/mol. The predicted octanol–water partition coefficient (Wildman–Crippen LogP) is 2.82. The van der Waals surface area contributed by atoms with Crippen molar-refractivity contribution in [2.75, 3.05) is 7.05 Å². The van der Waals surface area contributed by atoms with Gasteiger partial charge in [0.05, 0.1) is 5.56 Å². The van der Waals surface area contributed by atoms with Crippen molar-refractivity contribution >= 4 is 18.3 Å². The fourth-order valence-corrected chi connectivity index (χ4v) is 1.71. The van der Waals surface area contributed by atoms with Gasteiger partial charge in [-0.3, -0.25) is 4.79 Å². The first-order chi connectivity index (χ1) is 8.71. The van der Waals surface area contributed by atoms with Crippen LogP contribution in [0.5, 0.6) is 0 Å². The molecule has 1 aromatic carbocycles. The van der Waals surface area contributed by atoms with Crippen LogP contribution in [0.1, 0.15) is 24.5 Å². The number of rotatable bonds is 4. The minimum absolute atomic E-state index is 0. The highest BCUT2D eigenvalue weighted by atomic mass is 35.5. The van der Waals surface area contributed by atoms with Crippen molar-refractivity contribution < 1.29 is 18.0 Å². The standard InChI is InChI=1S/C13H17F3N2O.ClH/c1-9(17)7-12(19)18(2)8-10-5-3-4-6-11(10)13(14,15)16;/h3-6,9H,7-8,17H2,1-2H3;1H. The fraction of sp³-hybridized carbons (Fsp3) is 0.462. The monoisotopic (exact) mass is 310 g/mol. The molecule has 0 radical (unpaired) electrons.